The molecule has 0 aliphatic carbocycles. The van der Waals surface area contributed by atoms with Crippen LogP contribution in [0.4, 0.5) is 5.82 Å². The van der Waals surface area contributed by atoms with Gasteiger partial charge >= 0.3 is 0 Å². The van der Waals surface area contributed by atoms with Crippen LogP contribution in [-0.4, -0.2) is 41.7 Å². The molecule has 1 aliphatic rings. The number of nitrogens with one attached hydrogen (secondary N) is 2. The van der Waals surface area contributed by atoms with E-state index in [0.717, 1.165) is 44.4 Å². The van der Waals surface area contributed by atoms with Crippen molar-refractivity contribution in [3.63, 3.8) is 0 Å². The Bertz CT molecular complexity index is 715. The van der Waals surface area contributed by atoms with Crippen LogP contribution < -0.4 is 10.6 Å². The Hall–Kier alpha value is -2.47. The van der Waals surface area contributed by atoms with Crippen molar-refractivity contribution in [1.29, 1.82) is 0 Å². The van der Waals surface area contributed by atoms with Gasteiger partial charge in [-0.1, -0.05) is 43.7 Å². The first-order valence-corrected chi connectivity index (χ1v) is 9.34. The Morgan fingerprint density at radius 3 is 2.85 bits per heavy atom. The monoisotopic (exact) mass is 354 g/mol. The molecule has 6 heteroatoms. The van der Waals surface area contributed by atoms with Gasteiger partial charge in [-0.3, -0.25) is 4.79 Å². The van der Waals surface area contributed by atoms with Gasteiger partial charge in [0.2, 0.25) is 0 Å². The van der Waals surface area contributed by atoms with Gasteiger partial charge in [0.15, 0.2) is 5.82 Å². The molecule has 2 heterocycles. The van der Waals surface area contributed by atoms with Gasteiger partial charge in [-0.05, 0) is 19.3 Å². The first-order chi connectivity index (χ1) is 12.8. The summed E-state index contributed by atoms with van der Waals surface area (Å²) >= 11 is 0. The van der Waals surface area contributed by atoms with Crippen LogP contribution in [0.2, 0.25) is 0 Å². The van der Waals surface area contributed by atoms with E-state index < -0.39 is 0 Å². The van der Waals surface area contributed by atoms with E-state index in [9.17, 15) is 4.79 Å². The predicted molar refractivity (Wildman–Crippen MR) is 102 cm³/mol. The molecule has 1 fully saturated rings. The van der Waals surface area contributed by atoms with E-state index in [1.807, 2.05) is 30.3 Å². The van der Waals surface area contributed by atoms with Gasteiger partial charge in [0.25, 0.3) is 5.91 Å². The zero-order valence-corrected chi connectivity index (χ0v) is 15.2. The van der Waals surface area contributed by atoms with E-state index in [0.29, 0.717) is 23.9 Å². The summed E-state index contributed by atoms with van der Waals surface area (Å²) in [5, 5.41) is 6.22. The number of benzene rings is 1. The van der Waals surface area contributed by atoms with E-state index in [2.05, 4.69) is 27.5 Å². The van der Waals surface area contributed by atoms with Gasteiger partial charge in [0.05, 0.1) is 6.10 Å². The lowest BCUT2D eigenvalue weighted by Crippen LogP contribution is -2.32. The highest BCUT2D eigenvalue weighted by Crippen LogP contribution is 2.18. The number of unbranched alkanes of at least 4 members (excludes halogenated alkanes) is 1. The lowest BCUT2D eigenvalue weighted by atomic mass is 10.2. The van der Waals surface area contributed by atoms with Crippen LogP contribution in [-0.2, 0) is 4.74 Å². The number of nitrogens with zero attached hydrogens (tertiary/aromatic N) is 2. The molecule has 0 saturated carbocycles. The fourth-order valence-electron chi connectivity index (χ4n) is 2.87. The van der Waals surface area contributed by atoms with E-state index >= 15 is 0 Å². The smallest absolute Gasteiger partial charge is 0.270 e. The molecular weight excluding hydrogens is 328 g/mol. The summed E-state index contributed by atoms with van der Waals surface area (Å²) < 4.78 is 5.56. The predicted octanol–water partition coefficient (Wildman–Crippen LogP) is 3.26. The maximum Gasteiger partial charge on any atom is 0.270 e. The largest absolute Gasteiger partial charge is 0.376 e. The molecule has 0 radical (unpaired) electrons. The van der Waals surface area contributed by atoms with Crippen LogP contribution in [0.25, 0.3) is 11.4 Å². The van der Waals surface area contributed by atoms with Gasteiger partial charge in [0, 0.05) is 31.3 Å². The first kappa shape index (κ1) is 18.3. The Morgan fingerprint density at radius 1 is 1.27 bits per heavy atom. The third-order valence-electron chi connectivity index (χ3n) is 4.34. The second kappa shape index (κ2) is 9.29. The van der Waals surface area contributed by atoms with E-state index in [1.165, 1.54) is 0 Å². The molecule has 0 bridgehead atoms. The molecule has 26 heavy (non-hydrogen) atoms. The minimum absolute atomic E-state index is 0.108. The molecular formula is C20H26N4O2. The fraction of sp³-hybridized carbons (Fsp3) is 0.450. The SMILES string of the molecule is CCCCNc1cc(C(=O)NCC2CCCO2)nc(-c2ccccc2)n1. The molecule has 2 N–H and O–H groups in total. The lowest BCUT2D eigenvalue weighted by Gasteiger charge is -2.12. The van der Waals surface area contributed by atoms with Crippen LogP contribution in [0.3, 0.4) is 0 Å². The number of carbonyl (C=O) groups excluding carboxylic acids is 1. The van der Waals surface area contributed by atoms with Gasteiger partial charge < -0.3 is 15.4 Å². The van der Waals surface area contributed by atoms with Crippen molar-refractivity contribution in [1.82, 2.24) is 15.3 Å². The summed E-state index contributed by atoms with van der Waals surface area (Å²) in [6.45, 7) is 4.25. The zero-order valence-electron chi connectivity index (χ0n) is 15.2. The average Bonchev–Trinajstić information content (AvgIpc) is 3.20. The van der Waals surface area contributed by atoms with Crippen molar-refractivity contribution in [2.45, 2.75) is 38.7 Å². The number of carbonyl (C=O) groups is 1. The molecule has 1 amide bonds. The van der Waals surface area contributed by atoms with Crippen molar-refractivity contribution < 1.29 is 9.53 Å². The highest BCUT2D eigenvalue weighted by Gasteiger charge is 2.18. The molecule has 1 atom stereocenters. The number of anilines is 1. The van der Waals surface area contributed by atoms with E-state index in [1.54, 1.807) is 6.07 Å². The molecule has 1 saturated heterocycles. The molecule has 0 spiro atoms. The van der Waals surface area contributed by atoms with Crippen LogP contribution in [0.15, 0.2) is 36.4 Å². The average molecular weight is 354 g/mol. The summed E-state index contributed by atoms with van der Waals surface area (Å²) in [4.78, 5) is 21.6. The number of hydrogen-bond acceptors (Lipinski definition) is 5. The van der Waals surface area contributed by atoms with Crippen molar-refractivity contribution in [2.24, 2.45) is 0 Å². The van der Waals surface area contributed by atoms with E-state index in [-0.39, 0.29) is 12.0 Å². The molecule has 1 unspecified atom stereocenters. The molecule has 1 aliphatic heterocycles. The standard InChI is InChI=1S/C20H26N4O2/c1-2-3-11-21-18-13-17(20(25)22-14-16-10-7-12-26-16)23-19(24-18)15-8-5-4-6-9-15/h4-6,8-9,13,16H,2-3,7,10-12,14H2,1H3,(H,22,25)(H,21,23,24). The Labute approximate surface area is 154 Å². The highest BCUT2D eigenvalue weighted by atomic mass is 16.5. The second-order valence-electron chi connectivity index (χ2n) is 6.45. The summed E-state index contributed by atoms with van der Waals surface area (Å²) in [6, 6.07) is 11.4. The third-order valence-corrected chi connectivity index (χ3v) is 4.34. The molecule has 3 rings (SSSR count). The summed E-state index contributed by atoms with van der Waals surface area (Å²) in [5.41, 5.74) is 1.26. The first-order valence-electron chi connectivity index (χ1n) is 9.34. The maximum atomic E-state index is 12.6. The van der Waals surface area contributed by atoms with Gasteiger partial charge in [-0.2, -0.15) is 0 Å². The molecule has 1 aromatic heterocycles. The minimum atomic E-state index is -0.196. The summed E-state index contributed by atoms with van der Waals surface area (Å²) in [6.07, 6.45) is 4.29. The topological polar surface area (TPSA) is 76.1 Å². The molecule has 6 nitrogen and oxygen atoms in total. The van der Waals surface area contributed by atoms with Gasteiger partial charge in [-0.25, -0.2) is 9.97 Å². The molecule has 1 aromatic carbocycles. The minimum Gasteiger partial charge on any atom is -0.376 e. The quantitative estimate of drug-likeness (QED) is 0.712. The fourth-order valence-corrected chi connectivity index (χ4v) is 2.87. The van der Waals surface area contributed by atoms with Crippen LogP contribution >= 0.6 is 0 Å². The number of hydrogen-bond donors (Lipinski definition) is 2. The van der Waals surface area contributed by atoms with Crippen LogP contribution in [0.1, 0.15) is 43.1 Å². The highest BCUT2D eigenvalue weighted by molar-refractivity contribution is 5.93. The lowest BCUT2D eigenvalue weighted by molar-refractivity contribution is 0.0853. The third kappa shape index (κ3) is 5.02. The molecule has 2 aromatic rings. The van der Waals surface area contributed by atoms with Crippen molar-refractivity contribution in [3.05, 3.63) is 42.1 Å². The Kier molecular flexibility index (Phi) is 6.55. The Balaban J connectivity index is 1.77. The van der Waals surface area contributed by atoms with Crippen molar-refractivity contribution >= 4 is 11.7 Å². The summed E-state index contributed by atoms with van der Waals surface area (Å²) in [7, 11) is 0. The molecule has 138 valence electrons. The van der Waals surface area contributed by atoms with Crippen LogP contribution in [0, 0.1) is 0 Å². The van der Waals surface area contributed by atoms with E-state index in [4.69, 9.17) is 4.74 Å². The van der Waals surface area contributed by atoms with Gasteiger partial charge in [0.1, 0.15) is 11.5 Å². The summed E-state index contributed by atoms with van der Waals surface area (Å²) in [5.74, 6) is 1.03. The van der Waals surface area contributed by atoms with Crippen LogP contribution in [0.5, 0.6) is 0 Å². The Morgan fingerprint density at radius 2 is 2.12 bits per heavy atom. The number of amides is 1. The normalized spacial score (nSPS) is 16.4. The maximum absolute atomic E-state index is 12.6. The van der Waals surface area contributed by atoms with Gasteiger partial charge in [-0.15, -0.1) is 0 Å². The zero-order chi connectivity index (χ0) is 18.2. The van der Waals surface area contributed by atoms with Crippen molar-refractivity contribution in [3.8, 4) is 11.4 Å². The second-order valence-corrected chi connectivity index (χ2v) is 6.45. The number of ether oxygens (including phenoxy) is 1. The number of rotatable bonds is 8. The number of aromatic nitrogens is 2. The van der Waals surface area contributed by atoms with Crippen molar-refractivity contribution in [2.75, 3.05) is 25.0 Å².